The highest BCUT2D eigenvalue weighted by atomic mass is 16.3. The molecule has 7 unspecified atom stereocenters. The fourth-order valence-corrected chi connectivity index (χ4v) is 3.29. The molecule has 7 atom stereocenters. The SMILES string of the molecule is N#CC12C3C(O)C(O)C(N=[N+]=[N-])C1C32. The van der Waals surface area contributed by atoms with Crippen LogP contribution >= 0.6 is 0 Å². The van der Waals surface area contributed by atoms with E-state index < -0.39 is 23.7 Å². The molecule has 0 aromatic heterocycles. The maximum atomic E-state index is 9.61. The normalized spacial score (nSPS) is 61.8. The van der Waals surface area contributed by atoms with Crippen molar-refractivity contribution in [1.82, 2.24) is 0 Å². The second-order valence-corrected chi connectivity index (χ2v) is 4.30. The van der Waals surface area contributed by atoms with E-state index in [0.29, 0.717) is 0 Å². The predicted octanol–water partition coefficient (Wildman–Crippen LogP) is -0.214. The van der Waals surface area contributed by atoms with Gasteiger partial charge in [0.15, 0.2) is 0 Å². The molecule has 0 aromatic carbocycles. The maximum absolute atomic E-state index is 9.61. The summed E-state index contributed by atoms with van der Waals surface area (Å²) >= 11 is 0. The van der Waals surface area contributed by atoms with Crippen LogP contribution < -0.4 is 0 Å². The Morgan fingerprint density at radius 1 is 1.29 bits per heavy atom. The number of hydrogen-bond donors (Lipinski definition) is 2. The van der Waals surface area contributed by atoms with Crippen molar-refractivity contribution in [2.24, 2.45) is 28.3 Å². The first kappa shape index (κ1) is 8.06. The van der Waals surface area contributed by atoms with Gasteiger partial charge in [-0.3, -0.25) is 0 Å². The summed E-state index contributed by atoms with van der Waals surface area (Å²) in [4.78, 5) is 2.64. The Morgan fingerprint density at radius 2 is 2.00 bits per heavy atom. The molecule has 0 radical (unpaired) electrons. The van der Waals surface area contributed by atoms with E-state index in [2.05, 4.69) is 16.1 Å². The number of aliphatic hydroxyl groups is 2. The summed E-state index contributed by atoms with van der Waals surface area (Å²) in [7, 11) is 0. The lowest BCUT2D eigenvalue weighted by Crippen LogP contribution is -2.50. The fraction of sp³-hybridized carbons (Fsp3) is 0.875. The van der Waals surface area contributed by atoms with Crippen LogP contribution in [0.15, 0.2) is 5.11 Å². The average molecular weight is 192 g/mol. The molecule has 2 N–H and O–H groups in total. The first-order valence-electron chi connectivity index (χ1n) is 4.51. The van der Waals surface area contributed by atoms with Gasteiger partial charge in [0, 0.05) is 10.8 Å². The molecule has 6 heteroatoms. The zero-order chi connectivity index (χ0) is 10.1. The molecular weight excluding hydrogens is 184 g/mol. The van der Waals surface area contributed by atoms with Crippen LogP contribution in [0.4, 0.5) is 0 Å². The summed E-state index contributed by atoms with van der Waals surface area (Å²) < 4.78 is 0. The van der Waals surface area contributed by atoms with E-state index in [1.807, 2.05) is 0 Å². The number of azide groups is 1. The van der Waals surface area contributed by atoms with Crippen molar-refractivity contribution in [3.05, 3.63) is 10.4 Å². The summed E-state index contributed by atoms with van der Waals surface area (Å²) in [5, 5.41) is 31.6. The van der Waals surface area contributed by atoms with Gasteiger partial charge in [-0.1, -0.05) is 5.11 Å². The Morgan fingerprint density at radius 3 is 2.50 bits per heavy atom. The molecule has 0 saturated heterocycles. The molecule has 3 aliphatic rings. The minimum Gasteiger partial charge on any atom is -0.390 e. The first-order chi connectivity index (χ1) is 6.70. The summed E-state index contributed by atoms with van der Waals surface area (Å²) in [6.45, 7) is 0. The van der Waals surface area contributed by atoms with Gasteiger partial charge in [-0.25, -0.2) is 0 Å². The van der Waals surface area contributed by atoms with E-state index >= 15 is 0 Å². The van der Waals surface area contributed by atoms with Gasteiger partial charge in [-0.15, -0.1) is 0 Å². The molecule has 3 fully saturated rings. The van der Waals surface area contributed by atoms with Crippen LogP contribution in [-0.2, 0) is 0 Å². The second kappa shape index (κ2) is 2.04. The third-order valence-corrected chi connectivity index (χ3v) is 4.02. The van der Waals surface area contributed by atoms with Gasteiger partial charge in [0.25, 0.3) is 0 Å². The number of hydrogen-bond acceptors (Lipinski definition) is 4. The number of rotatable bonds is 1. The highest BCUT2D eigenvalue weighted by Gasteiger charge is 2.93. The largest absolute Gasteiger partial charge is 0.390 e. The van der Waals surface area contributed by atoms with Crippen LogP contribution in [0.5, 0.6) is 0 Å². The van der Waals surface area contributed by atoms with Crippen molar-refractivity contribution in [2.75, 3.05) is 0 Å². The Kier molecular flexibility index (Phi) is 1.17. The molecular formula is C8H8N4O2. The van der Waals surface area contributed by atoms with Crippen molar-refractivity contribution >= 4 is 0 Å². The Labute approximate surface area is 79.4 Å². The van der Waals surface area contributed by atoms with Crippen LogP contribution in [0.1, 0.15) is 0 Å². The van der Waals surface area contributed by atoms with Crippen molar-refractivity contribution < 1.29 is 10.2 Å². The zero-order valence-corrected chi connectivity index (χ0v) is 7.15. The minimum atomic E-state index is -0.999. The van der Waals surface area contributed by atoms with Gasteiger partial charge in [0.1, 0.15) is 0 Å². The van der Waals surface area contributed by atoms with E-state index in [1.54, 1.807) is 0 Å². The van der Waals surface area contributed by atoms with Crippen molar-refractivity contribution in [3.8, 4) is 6.07 Å². The molecule has 0 bridgehead atoms. The zero-order valence-electron chi connectivity index (χ0n) is 7.15. The maximum Gasteiger partial charge on any atom is 0.0890 e. The molecule has 0 aliphatic heterocycles. The molecule has 0 aromatic rings. The summed E-state index contributed by atoms with van der Waals surface area (Å²) in [6.07, 6.45) is -1.90. The number of aliphatic hydroxyl groups excluding tert-OH is 2. The van der Waals surface area contributed by atoms with E-state index in [-0.39, 0.29) is 17.8 Å². The van der Waals surface area contributed by atoms with Crippen molar-refractivity contribution in [2.45, 2.75) is 18.2 Å². The first-order valence-corrected chi connectivity index (χ1v) is 4.51. The summed E-state index contributed by atoms with van der Waals surface area (Å²) in [6, 6.07) is 1.56. The van der Waals surface area contributed by atoms with Crippen molar-refractivity contribution in [3.63, 3.8) is 0 Å². The van der Waals surface area contributed by atoms with E-state index in [4.69, 9.17) is 10.8 Å². The predicted molar refractivity (Wildman–Crippen MR) is 43.5 cm³/mol. The van der Waals surface area contributed by atoms with Gasteiger partial charge in [0.05, 0.1) is 29.7 Å². The molecule has 3 rings (SSSR count). The topological polar surface area (TPSA) is 113 Å². The van der Waals surface area contributed by atoms with Gasteiger partial charge < -0.3 is 10.2 Å². The van der Waals surface area contributed by atoms with E-state index in [0.717, 1.165) is 0 Å². The van der Waals surface area contributed by atoms with Gasteiger partial charge in [-0.05, 0) is 17.4 Å². The highest BCUT2D eigenvalue weighted by Crippen LogP contribution is 2.88. The van der Waals surface area contributed by atoms with Gasteiger partial charge in [-0.2, -0.15) is 5.26 Å². The number of fused-ring (bicyclic) bond motifs is 2. The van der Waals surface area contributed by atoms with Crippen LogP contribution in [0.25, 0.3) is 10.4 Å². The Hall–Kier alpha value is -1.28. The van der Waals surface area contributed by atoms with Crippen LogP contribution in [0, 0.1) is 34.5 Å². The summed E-state index contributed by atoms with van der Waals surface area (Å²) in [5.74, 6) is 0.0471. The molecule has 72 valence electrons. The monoisotopic (exact) mass is 192 g/mol. The van der Waals surface area contributed by atoms with Gasteiger partial charge >= 0.3 is 0 Å². The molecule has 3 aliphatic carbocycles. The molecule has 0 amide bonds. The number of nitriles is 1. The average Bonchev–Trinajstić information content (AvgIpc) is 3.00. The standard InChI is InChI=1S/C8H8N4O2/c9-1-8-2-3(8)5(11-12-10)7(14)6(13)4(2)8/h2-7,13-14H. The number of nitrogens with zero attached hydrogens (tertiary/aromatic N) is 4. The quantitative estimate of drug-likeness (QED) is 0.340. The van der Waals surface area contributed by atoms with Crippen molar-refractivity contribution in [1.29, 1.82) is 5.26 Å². The third-order valence-electron chi connectivity index (χ3n) is 4.02. The molecule has 6 nitrogen and oxygen atoms in total. The summed E-state index contributed by atoms with van der Waals surface area (Å²) in [5.41, 5.74) is 7.83. The molecule has 0 spiro atoms. The minimum absolute atomic E-state index is 0.0215. The Balaban J connectivity index is 1.95. The highest BCUT2D eigenvalue weighted by molar-refractivity contribution is 5.46. The van der Waals surface area contributed by atoms with E-state index in [9.17, 15) is 10.2 Å². The Bertz CT molecular complexity index is 399. The van der Waals surface area contributed by atoms with Crippen LogP contribution in [0.3, 0.4) is 0 Å². The van der Waals surface area contributed by atoms with Crippen LogP contribution in [0.2, 0.25) is 0 Å². The van der Waals surface area contributed by atoms with Crippen LogP contribution in [-0.4, -0.2) is 28.5 Å². The van der Waals surface area contributed by atoms with E-state index in [1.165, 1.54) is 0 Å². The lowest BCUT2D eigenvalue weighted by molar-refractivity contribution is -0.0682. The molecule has 0 heterocycles. The smallest absolute Gasteiger partial charge is 0.0890 e. The molecule has 3 saturated carbocycles. The third kappa shape index (κ3) is 0.555. The fourth-order valence-electron chi connectivity index (χ4n) is 3.29. The van der Waals surface area contributed by atoms with Gasteiger partial charge in [0.2, 0.25) is 0 Å². The lowest BCUT2D eigenvalue weighted by Gasteiger charge is -2.36. The lowest BCUT2D eigenvalue weighted by atomic mass is 9.76. The molecule has 14 heavy (non-hydrogen) atoms. The second-order valence-electron chi connectivity index (χ2n) is 4.30.